The molecule has 3 aromatic carbocycles. The van der Waals surface area contributed by atoms with E-state index in [-0.39, 0.29) is 5.91 Å². The molecule has 0 N–H and O–H groups in total. The first-order valence-electron chi connectivity index (χ1n) is 13.9. The zero-order valence-corrected chi connectivity index (χ0v) is 23.0. The molecular weight excluding hydrogens is 498 g/mol. The van der Waals surface area contributed by atoms with Crippen LogP contribution in [-0.4, -0.2) is 58.1 Å². The standard InChI is InChI=1S/C33H33N5O2/c1-3-21-40-28-15-11-26(12-16-28)33(39)37-19-17-36(18-20-37)31-30-29(25-7-5-4-6-8-25)22-38(32(30)35-23-34-31)27-13-9-24(2)10-14-27/h4-16,22-23H,3,17-21H2,1-2H3. The Morgan fingerprint density at radius 3 is 2.30 bits per heavy atom. The lowest BCUT2D eigenvalue weighted by molar-refractivity contribution is 0.0746. The normalized spacial score (nSPS) is 13.6. The molecule has 0 atom stereocenters. The lowest BCUT2D eigenvalue weighted by Gasteiger charge is -2.35. The second-order valence-corrected chi connectivity index (χ2v) is 10.2. The number of piperazine rings is 1. The molecule has 3 heterocycles. The second kappa shape index (κ2) is 11.2. The first kappa shape index (κ1) is 25.6. The van der Waals surface area contributed by atoms with Crippen LogP contribution in [0, 0.1) is 6.92 Å². The minimum atomic E-state index is 0.0463. The summed E-state index contributed by atoms with van der Waals surface area (Å²) in [5, 5.41) is 1.02. The lowest BCUT2D eigenvalue weighted by atomic mass is 10.1. The number of amides is 1. The Morgan fingerprint density at radius 1 is 0.875 bits per heavy atom. The third-order valence-corrected chi connectivity index (χ3v) is 7.40. The van der Waals surface area contributed by atoms with Gasteiger partial charge in [-0.05, 0) is 55.3 Å². The van der Waals surface area contributed by atoms with Crippen LogP contribution in [-0.2, 0) is 0 Å². The fraction of sp³-hybridized carbons (Fsp3) is 0.242. The minimum absolute atomic E-state index is 0.0463. The van der Waals surface area contributed by atoms with Crippen molar-refractivity contribution in [3.63, 3.8) is 0 Å². The van der Waals surface area contributed by atoms with Crippen LogP contribution < -0.4 is 9.64 Å². The summed E-state index contributed by atoms with van der Waals surface area (Å²) in [4.78, 5) is 27.0. The zero-order chi connectivity index (χ0) is 27.5. The molecule has 1 saturated heterocycles. The predicted octanol–water partition coefficient (Wildman–Crippen LogP) is 6.15. The number of hydrogen-bond donors (Lipinski definition) is 0. The Morgan fingerprint density at radius 2 is 1.60 bits per heavy atom. The zero-order valence-electron chi connectivity index (χ0n) is 23.0. The smallest absolute Gasteiger partial charge is 0.253 e. The quantitative estimate of drug-likeness (QED) is 0.252. The SMILES string of the molecule is CCCOc1ccc(C(=O)N2CCN(c3ncnc4c3c(-c3ccccc3)cn4-c3ccc(C)cc3)CC2)cc1. The maximum Gasteiger partial charge on any atom is 0.253 e. The fourth-order valence-corrected chi connectivity index (χ4v) is 5.24. The van der Waals surface area contributed by atoms with Gasteiger partial charge in [0.2, 0.25) is 0 Å². The molecule has 2 aromatic heterocycles. The van der Waals surface area contributed by atoms with Crippen LogP contribution in [0.15, 0.2) is 91.4 Å². The van der Waals surface area contributed by atoms with E-state index in [1.807, 2.05) is 35.2 Å². The summed E-state index contributed by atoms with van der Waals surface area (Å²) >= 11 is 0. The van der Waals surface area contributed by atoms with E-state index in [9.17, 15) is 4.79 Å². The average molecular weight is 532 g/mol. The van der Waals surface area contributed by atoms with E-state index >= 15 is 0 Å². The highest BCUT2D eigenvalue weighted by molar-refractivity contribution is 6.02. The van der Waals surface area contributed by atoms with Gasteiger partial charge in [0.15, 0.2) is 5.65 Å². The second-order valence-electron chi connectivity index (χ2n) is 10.2. The number of ether oxygens (including phenoxy) is 1. The number of carbonyl (C=O) groups is 1. The monoisotopic (exact) mass is 531 g/mol. The minimum Gasteiger partial charge on any atom is -0.494 e. The Kier molecular flexibility index (Phi) is 7.19. The molecule has 1 fully saturated rings. The van der Waals surface area contributed by atoms with Crippen molar-refractivity contribution in [2.45, 2.75) is 20.3 Å². The highest BCUT2D eigenvalue weighted by atomic mass is 16.5. The summed E-state index contributed by atoms with van der Waals surface area (Å²) in [6.45, 7) is 7.47. The number of benzene rings is 3. The van der Waals surface area contributed by atoms with E-state index < -0.39 is 0 Å². The van der Waals surface area contributed by atoms with E-state index in [0.717, 1.165) is 45.8 Å². The Balaban J connectivity index is 1.29. The molecule has 40 heavy (non-hydrogen) atoms. The van der Waals surface area contributed by atoms with Crippen LogP contribution in [0.1, 0.15) is 29.3 Å². The van der Waals surface area contributed by atoms with E-state index in [1.165, 1.54) is 5.56 Å². The van der Waals surface area contributed by atoms with Gasteiger partial charge in [0.25, 0.3) is 5.91 Å². The molecule has 6 rings (SSSR count). The van der Waals surface area contributed by atoms with E-state index in [1.54, 1.807) is 6.33 Å². The van der Waals surface area contributed by atoms with Gasteiger partial charge in [-0.1, -0.05) is 55.0 Å². The molecule has 1 aliphatic heterocycles. The maximum absolute atomic E-state index is 13.2. The number of nitrogens with zero attached hydrogens (tertiary/aromatic N) is 5. The Labute approximate surface area is 234 Å². The predicted molar refractivity (Wildman–Crippen MR) is 159 cm³/mol. The van der Waals surface area contributed by atoms with Crippen LogP contribution in [0.4, 0.5) is 5.82 Å². The van der Waals surface area contributed by atoms with E-state index in [0.29, 0.717) is 38.3 Å². The molecule has 7 nitrogen and oxygen atoms in total. The first-order chi connectivity index (χ1) is 19.6. The first-order valence-corrected chi connectivity index (χ1v) is 13.9. The van der Waals surface area contributed by atoms with Crippen molar-refractivity contribution in [2.75, 3.05) is 37.7 Å². The average Bonchev–Trinajstić information content (AvgIpc) is 3.41. The summed E-state index contributed by atoms with van der Waals surface area (Å²) in [6.07, 6.45) is 4.76. The van der Waals surface area contributed by atoms with Gasteiger partial charge in [-0.15, -0.1) is 0 Å². The van der Waals surface area contributed by atoms with Crippen molar-refractivity contribution < 1.29 is 9.53 Å². The topological polar surface area (TPSA) is 63.5 Å². The van der Waals surface area contributed by atoms with Crippen molar-refractivity contribution in [3.8, 4) is 22.6 Å². The highest BCUT2D eigenvalue weighted by Crippen LogP contribution is 2.37. The van der Waals surface area contributed by atoms with Crippen LogP contribution in [0.2, 0.25) is 0 Å². The molecular formula is C33H33N5O2. The third kappa shape index (κ3) is 5.02. The summed E-state index contributed by atoms with van der Waals surface area (Å²) in [5.41, 5.74) is 6.04. The van der Waals surface area contributed by atoms with Crippen molar-refractivity contribution in [1.29, 1.82) is 0 Å². The Hall–Kier alpha value is -4.65. The van der Waals surface area contributed by atoms with E-state index in [4.69, 9.17) is 14.7 Å². The van der Waals surface area contributed by atoms with E-state index in [2.05, 4.69) is 78.0 Å². The number of fused-ring (bicyclic) bond motifs is 1. The Bertz CT molecular complexity index is 1600. The van der Waals surface area contributed by atoms with Crippen LogP contribution in [0.5, 0.6) is 5.75 Å². The molecule has 0 radical (unpaired) electrons. The molecule has 1 aliphatic rings. The van der Waals surface area contributed by atoms with Crippen molar-refractivity contribution in [3.05, 3.63) is 103 Å². The third-order valence-electron chi connectivity index (χ3n) is 7.40. The van der Waals surface area contributed by atoms with Gasteiger partial charge in [0, 0.05) is 49.2 Å². The van der Waals surface area contributed by atoms with Gasteiger partial charge >= 0.3 is 0 Å². The van der Waals surface area contributed by atoms with Gasteiger partial charge in [-0.25, -0.2) is 9.97 Å². The highest BCUT2D eigenvalue weighted by Gasteiger charge is 2.26. The number of aromatic nitrogens is 3. The number of anilines is 1. The molecule has 7 heteroatoms. The fourth-order valence-electron chi connectivity index (χ4n) is 5.24. The van der Waals surface area contributed by atoms with Crippen LogP contribution in [0.25, 0.3) is 27.8 Å². The van der Waals surface area contributed by atoms with Crippen molar-refractivity contribution in [2.24, 2.45) is 0 Å². The lowest BCUT2D eigenvalue weighted by Crippen LogP contribution is -2.49. The van der Waals surface area contributed by atoms with Gasteiger partial charge in [0.05, 0.1) is 12.0 Å². The molecule has 1 amide bonds. The largest absolute Gasteiger partial charge is 0.494 e. The molecule has 0 aliphatic carbocycles. The molecule has 0 unspecified atom stereocenters. The van der Waals surface area contributed by atoms with Crippen LogP contribution >= 0.6 is 0 Å². The molecule has 5 aromatic rings. The summed E-state index contributed by atoms with van der Waals surface area (Å²) in [6, 6.07) is 26.3. The van der Waals surface area contributed by atoms with Crippen molar-refractivity contribution in [1.82, 2.24) is 19.4 Å². The van der Waals surface area contributed by atoms with Crippen molar-refractivity contribution >= 4 is 22.8 Å². The van der Waals surface area contributed by atoms with Crippen LogP contribution in [0.3, 0.4) is 0 Å². The van der Waals surface area contributed by atoms with Gasteiger partial charge in [0.1, 0.15) is 17.9 Å². The maximum atomic E-state index is 13.2. The summed E-state index contributed by atoms with van der Waals surface area (Å²) in [7, 11) is 0. The van der Waals surface area contributed by atoms with Gasteiger partial charge in [-0.2, -0.15) is 0 Å². The summed E-state index contributed by atoms with van der Waals surface area (Å²) in [5.74, 6) is 1.74. The number of rotatable bonds is 7. The van der Waals surface area contributed by atoms with Gasteiger partial charge in [-0.3, -0.25) is 4.79 Å². The number of hydrogen-bond acceptors (Lipinski definition) is 5. The summed E-state index contributed by atoms with van der Waals surface area (Å²) < 4.78 is 7.81. The molecule has 202 valence electrons. The number of aryl methyl sites for hydroxylation is 1. The number of carbonyl (C=O) groups excluding carboxylic acids is 1. The molecule has 0 bridgehead atoms. The molecule has 0 spiro atoms. The molecule has 0 saturated carbocycles. The van der Waals surface area contributed by atoms with Gasteiger partial charge < -0.3 is 19.1 Å².